The van der Waals surface area contributed by atoms with Crippen molar-refractivity contribution < 1.29 is 33.3 Å². The molecule has 3 rings (SSSR count). The zero-order valence-corrected chi connectivity index (χ0v) is 20.0. The lowest BCUT2D eigenvalue weighted by atomic mass is 10.00. The van der Waals surface area contributed by atoms with Gasteiger partial charge in [0.1, 0.15) is 17.9 Å². The molecule has 184 valence electrons. The predicted molar refractivity (Wildman–Crippen MR) is 126 cm³/mol. The molecule has 0 aromatic heterocycles. The number of piperidine rings is 1. The molecule has 0 aliphatic carbocycles. The Hall–Kier alpha value is -3.26. The molecular formula is C26H33NO7. The highest BCUT2D eigenvalue weighted by Gasteiger charge is 2.26. The number of aryl methyl sites for hydroxylation is 1. The van der Waals surface area contributed by atoms with Gasteiger partial charge in [0.25, 0.3) is 0 Å². The number of esters is 2. The van der Waals surface area contributed by atoms with E-state index in [4.69, 9.17) is 18.9 Å². The Labute approximate surface area is 200 Å². The molecule has 1 N–H and O–H groups in total. The van der Waals surface area contributed by atoms with E-state index in [1.807, 2.05) is 30.3 Å². The Balaban J connectivity index is 1.76. The summed E-state index contributed by atoms with van der Waals surface area (Å²) in [6.45, 7) is 0.620. The van der Waals surface area contributed by atoms with E-state index < -0.39 is 12.1 Å². The van der Waals surface area contributed by atoms with E-state index in [0.29, 0.717) is 30.1 Å². The lowest BCUT2D eigenvalue weighted by Crippen LogP contribution is -2.41. The fraction of sp³-hybridized carbons (Fsp3) is 0.462. The van der Waals surface area contributed by atoms with Crippen LogP contribution in [0.1, 0.15) is 42.9 Å². The SMILES string of the molecule is COC(=O)COc1cccc(C(CCc2ccc(OC)c(OC)c2)OC(=O)[C@@H]2CCCCN2)c1. The van der Waals surface area contributed by atoms with Crippen LogP contribution in [0.25, 0.3) is 0 Å². The summed E-state index contributed by atoms with van der Waals surface area (Å²) in [5.41, 5.74) is 1.83. The Morgan fingerprint density at radius 2 is 1.85 bits per heavy atom. The van der Waals surface area contributed by atoms with Crippen molar-refractivity contribution in [1.82, 2.24) is 5.32 Å². The molecule has 1 aliphatic heterocycles. The molecule has 8 nitrogen and oxygen atoms in total. The largest absolute Gasteiger partial charge is 0.493 e. The maximum Gasteiger partial charge on any atom is 0.343 e. The van der Waals surface area contributed by atoms with E-state index in [1.165, 1.54) is 7.11 Å². The molecule has 1 saturated heterocycles. The Bertz CT molecular complexity index is 956. The van der Waals surface area contributed by atoms with Gasteiger partial charge >= 0.3 is 11.9 Å². The van der Waals surface area contributed by atoms with Crippen LogP contribution in [0.15, 0.2) is 42.5 Å². The van der Waals surface area contributed by atoms with Gasteiger partial charge in [-0.15, -0.1) is 0 Å². The van der Waals surface area contributed by atoms with Gasteiger partial charge in [0, 0.05) is 0 Å². The fourth-order valence-corrected chi connectivity index (χ4v) is 3.91. The van der Waals surface area contributed by atoms with Gasteiger partial charge in [-0.25, -0.2) is 4.79 Å². The minimum atomic E-state index is -0.481. The van der Waals surface area contributed by atoms with Crippen molar-refractivity contribution in [3.05, 3.63) is 53.6 Å². The van der Waals surface area contributed by atoms with Crippen molar-refractivity contribution >= 4 is 11.9 Å². The van der Waals surface area contributed by atoms with Crippen LogP contribution in [0, 0.1) is 0 Å². The van der Waals surface area contributed by atoms with Crippen molar-refractivity contribution in [2.75, 3.05) is 34.5 Å². The third-order valence-electron chi connectivity index (χ3n) is 5.81. The lowest BCUT2D eigenvalue weighted by Gasteiger charge is -2.25. The van der Waals surface area contributed by atoms with Crippen LogP contribution < -0.4 is 19.5 Å². The third kappa shape index (κ3) is 7.12. The van der Waals surface area contributed by atoms with E-state index in [1.54, 1.807) is 26.4 Å². The predicted octanol–water partition coefficient (Wildman–Crippen LogP) is 3.61. The van der Waals surface area contributed by atoms with Gasteiger partial charge in [0.2, 0.25) is 0 Å². The number of hydrogen-bond donors (Lipinski definition) is 1. The number of rotatable bonds is 11. The van der Waals surface area contributed by atoms with E-state index in [0.717, 1.165) is 36.9 Å². The molecule has 0 amide bonds. The monoisotopic (exact) mass is 471 g/mol. The quantitative estimate of drug-likeness (QED) is 0.497. The molecule has 2 atom stereocenters. The molecule has 2 aromatic rings. The summed E-state index contributed by atoms with van der Waals surface area (Å²) in [4.78, 5) is 24.3. The lowest BCUT2D eigenvalue weighted by molar-refractivity contribution is -0.153. The van der Waals surface area contributed by atoms with Crippen molar-refractivity contribution in [3.63, 3.8) is 0 Å². The van der Waals surface area contributed by atoms with Crippen molar-refractivity contribution in [2.45, 2.75) is 44.2 Å². The van der Waals surface area contributed by atoms with Crippen LogP contribution in [0.2, 0.25) is 0 Å². The van der Waals surface area contributed by atoms with Gasteiger partial charge in [-0.1, -0.05) is 24.6 Å². The van der Waals surface area contributed by atoms with Gasteiger partial charge in [0.05, 0.1) is 21.3 Å². The average Bonchev–Trinajstić information content (AvgIpc) is 2.89. The van der Waals surface area contributed by atoms with Crippen LogP contribution >= 0.6 is 0 Å². The molecule has 1 aliphatic rings. The van der Waals surface area contributed by atoms with Gasteiger partial charge in [0.15, 0.2) is 18.1 Å². The summed E-state index contributed by atoms with van der Waals surface area (Å²) >= 11 is 0. The summed E-state index contributed by atoms with van der Waals surface area (Å²) in [6.07, 6.45) is 3.57. The molecule has 1 unspecified atom stereocenters. The molecule has 8 heteroatoms. The number of benzene rings is 2. The second-order valence-electron chi connectivity index (χ2n) is 8.09. The number of carbonyl (C=O) groups excluding carboxylic acids is 2. The Kier molecular flexibility index (Phi) is 9.58. The van der Waals surface area contributed by atoms with Crippen molar-refractivity contribution in [1.29, 1.82) is 0 Å². The van der Waals surface area contributed by atoms with Crippen LogP contribution in [-0.2, 0) is 25.5 Å². The molecular weight excluding hydrogens is 438 g/mol. The Morgan fingerprint density at radius 1 is 1.03 bits per heavy atom. The van der Waals surface area contributed by atoms with E-state index >= 15 is 0 Å². The number of carbonyl (C=O) groups is 2. The molecule has 1 fully saturated rings. The molecule has 0 spiro atoms. The van der Waals surface area contributed by atoms with E-state index in [9.17, 15) is 9.59 Å². The molecule has 0 radical (unpaired) electrons. The normalized spacial score (nSPS) is 16.3. The second kappa shape index (κ2) is 12.8. The molecule has 0 saturated carbocycles. The molecule has 0 bridgehead atoms. The minimum absolute atomic E-state index is 0.192. The summed E-state index contributed by atoms with van der Waals surface area (Å²) in [7, 11) is 4.51. The van der Waals surface area contributed by atoms with E-state index in [2.05, 4.69) is 10.1 Å². The first kappa shape index (κ1) is 25.4. The van der Waals surface area contributed by atoms with Crippen LogP contribution in [0.4, 0.5) is 0 Å². The highest BCUT2D eigenvalue weighted by molar-refractivity contribution is 5.76. The van der Waals surface area contributed by atoms with Crippen molar-refractivity contribution in [3.8, 4) is 17.2 Å². The third-order valence-corrected chi connectivity index (χ3v) is 5.81. The molecule has 34 heavy (non-hydrogen) atoms. The first-order valence-corrected chi connectivity index (χ1v) is 11.5. The highest BCUT2D eigenvalue weighted by atomic mass is 16.6. The number of ether oxygens (including phenoxy) is 5. The topological polar surface area (TPSA) is 92.3 Å². The van der Waals surface area contributed by atoms with Gasteiger partial charge in [-0.3, -0.25) is 4.79 Å². The van der Waals surface area contributed by atoms with Crippen LogP contribution in [-0.4, -0.2) is 52.5 Å². The number of nitrogens with one attached hydrogen (secondary N) is 1. The molecule has 2 aromatic carbocycles. The average molecular weight is 472 g/mol. The maximum atomic E-state index is 12.9. The standard InChI is InChI=1S/C26H33NO7/c1-30-23-13-11-18(15-24(23)31-2)10-12-22(34-26(29)21-9-4-5-14-27-21)19-7-6-8-20(16-19)33-17-25(28)32-3/h6-8,11,13,15-16,21-22,27H,4-5,9-10,12,14,17H2,1-3H3/t21-,22?/m0/s1. The van der Waals surface area contributed by atoms with Gasteiger partial charge in [-0.05, 0) is 67.6 Å². The summed E-state index contributed by atoms with van der Waals surface area (Å²) in [6, 6.07) is 12.7. The first-order chi connectivity index (χ1) is 16.5. The summed E-state index contributed by atoms with van der Waals surface area (Å²) in [5, 5.41) is 3.25. The minimum Gasteiger partial charge on any atom is -0.493 e. The Morgan fingerprint density at radius 3 is 2.56 bits per heavy atom. The van der Waals surface area contributed by atoms with Gasteiger partial charge in [-0.2, -0.15) is 0 Å². The summed E-state index contributed by atoms with van der Waals surface area (Å²) in [5.74, 6) is 1.10. The van der Waals surface area contributed by atoms with Crippen LogP contribution in [0.3, 0.4) is 0 Å². The molecule has 1 heterocycles. The number of methoxy groups -OCH3 is 3. The zero-order valence-electron chi connectivity index (χ0n) is 20.0. The number of hydrogen-bond acceptors (Lipinski definition) is 8. The fourth-order valence-electron chi connectivity index (χ4n) is 3.91. The second-order valence-corrected chi connectivity index (χ2v) is 8.09. The first-order valence-electron chi connectivity index (χ1n) is 11.5. The zero-order chi connectivity index (χ0) is 24.3. The summed E-state index contributed by atoms with van der Waals surface area (Å²) < 4.78 is 26.9. The van der Waals surface area contributed by atoms with Crippen LogP contribution in [0.5, 0.6) is 17.2 Å². The van der Waals surface area contributed by atoms with E-state index in [-0.39, 0.29) is 18.6 Å². The van der Waals surface area contributed by atoms with Crippen molar-refractivity contribution in [2.24, 2.45) is 0 Å². The smallest absolute Gasteiger partial charge is 0.343 e. The maximum absolute atomic E-state index is 12.9. The highest BCUT2D eigenvalue weighted by Crippen LogP contribution is 2.31. The van der Waals surface area contributed by atoms with Gasteiger partial charge < -0.3 is 29.0 Å².